The molecule has 2 unspecified atom stereocenters. The van der Waals surface area contributed by atoms with Crippen molar-refractivity contribution in [2.24, 2.45) is 5.92 Å². The fraction of sp³-hybridized carbons (Fsp3) is 0.455. The van der Waals surface area contributed by atoms with Crippen LogP contribution in [0.5, 0.6) is 0 Å². The number of hydrogen-bond acceptors (Lipinski definition) is 3. The number of hydrogen-bond donors (Lipinski definition) is 2. The summed E-state index contributed by atoms with van der Waals surface area (Å²) >= 11 is 1.52. The van der Waals surface area contributed by atoms with Crippen molar-refractivity contribution in [2.45, 2.75) is 19.8 Å². The van der Waals surface area contributed by atoms with Crippen LogP contribution in [-0.2, 0) is 9.59 Å². The number of carbonyl (C=O) groups excluding carboxylic acids is 1. The lowest BCUT2D eigenvalue weighted by Gasteiger charge is -2.12. The third kappa shape index (κ3) is 3.34. The molecule has 0 spiro atoms. The molecule has 1 aromatic heterocycles. The maximum atomic E-state index is 11.7. The second kappa shape index (κ2) is 5.65. The molecular weight excluding hydrogens is 226 g/mol. The Morgan fingerprint density at radius 2 is 2.19 bits per heavy atom. The van der Waals surface area contributed by atoms with Crippen LogP contribution in [-0.4, -0.2) is 23.5 Å². The zero-order valence-electron chi connectivity index (χ0n) is 9.27. The molecule has 1 aromatic rings. The van der Waals surface area contributed by atoms with Crippen molar-refractivity contribution in [3.8, 4) is 0 Å². The van der Waals surface area contributed by atoms with Gasteiger partial charge in [-0.3, -0.25) is 9.59 Å². The van der Waals surface area contributed by atoms with Gasteiger partial charge in [0.25, 0.3) is 0 Å². The second-order valence-electron chi connectivity index (χ2n) is 3.72. The normalized spacial score (nSPS) is 14.1. The molecule has 0 aliphatic carbocycles. The third-order valence-corrected chi connectivity index (χ3v) is 3.42. The second-order valence-corrected chi connectivity index (χ2v) is 4.70. The highest BCUT2D eigenvalue weighted by atomic mass is 32.1. The average molecular weight is 241 g/mol. The molecule has 1 amide bonds. The first-order valence-electron chi connectivity index (χ1n) is 5.06. The van der Waals surface area contributed by atoms with Crippen molar-refractivity contribution < 1.29 is 14.7 Å². The van der Waals surface area contributed by atoms with Crippen LogP contribution in [0, 0.1) is 5.92 Å². The lowest BCUT2D eigenvalue weighted by Crippen LogP contribution is -2.33. The number of carbonyl (C=O) groups is 2. The first-order chi connectivity index (χ1) is 7.52. The number of nitrogens with one attached hydrogen (secondary N) is 1. The molecule has 0 saturated heterocycles. The zero-order valence-corrected chi connectivity index (χ0v) is 10.1. The SMILES string of the molecule is CC(CNC(=O)C(C)c1cccs1)C(=O)O. The number of aliphatic carboxylic acids is 1. The molecule has 4 nitrogen and oxygen atoms in total. The molecule has 0 saturated carbocycles. The summed E-state index contributed by atoms with van der Waals surface area (Å²) in [7, 11) is 0. The van der Waals surface area contributed by atoms with Crippen molar-refractivity contribution in [3.63, 3.8) is 0 Å². The minimum atomic E-state index is -0.899. The maximum Gasteiger partial charge on any atom is 0.308 e. The number of rotatable bonds is 5. The minimum absolute atomic E-state index is 0.129. The van der Waals surface area contributed by atoms with E-state index in [-0.39, 0.29) is 18.4 Å². The van der Waals surface area contributed by atoms with E-state index in [1.165, 1.54) is 11.3 Å². The molecule has 16 heavy (non-hydrogen) atoms. The van der Waals surface area contributed by atoms with Gasteiger partial charge in [0.15, 0.2) is 0 Å². The summed E-state index contributed by atoms with van der Waals surface area (Å²) in [6.07, 6.45) is 0. The molecule has 5 heteroatoms. The topological polar surface area (TPSA) is 66.4 Å². The summed E-state index contributed by atoms with van der Waals surface area (Å²) in [5, 5.41) is 13.2. The van der Waals surface area contributed by atoms with Crippen molar-refractivity contribution in [3.05, 3.63) is 22.4 Å². The van der Waals surface area contributed by atoms with E-state index >= 15 is 0 Å². The zero-order chi connectivity index (χ0) is 12.1. The van der Waals surface area contributed by atoms with E-state index in [9.17, 15) is 9.59 Å². The smallest absolute Gasteiger partial charge is 0.308 e. The van der Waals surface area contributed by atoms with Gasteiger partial charge in [0, 0.05) is 11.4 Å². The summed E-state index contributed by atoms with van der Waals surface area (Å²) < 4.78 is 0. The van der Waals surface area contributed by atoms with Gasteiger partial charge < -0.3 is 10.4 Å². The van der Waals surface area contributed by atoms with Gasteiger partial charge in [-0.2, -0.15) is 0 Å². The summed E-state index contributed by atoms with van der Waals surface area (Å²) in [6.45, 7) is 3.55. The minimum Gasteiger partial charge on any atom is -0.481 e. The van der Waals surface area contributed by atoms with Crippen LogP contribution in [0.2, 0.25) is 0 Å². The first-order valence-corrected chi connectivity index (χ1v) is 5.94. The van der Waals surface area contributed by atoms with Gasteiger partial charge in [-0.1, -0.05) is 13.0 Å². The summed E-state index contributed by atoms with van der Waals surface area (Å²) in [5.74, 6) is -1.81. The maximum absolute atomic E-state index is 11.7. The van der Waals surface area contributed by atoms with Gasteiger partial charge in [-0.05, 0) is 18.4 Å². The lowest BCUT2D eigenvalue weighted by molar-refractivity contribution is -0.141. The van der Waals surface area contributed by atoms with E-state index in [2.05, 4.69) is 5.32 Å². The van der Waals surface area contributed by atoms with Gasteiger partial charge in [-0.25, -0.2) is 0 Å². The van der Waals surface area contributed by atoms with Gasteiger partial charge in [0.05, 0.1) is 11.8 Å². The van der Waals surface area contributed by atoms with E-state index in [4.69, 9.17) is 5.11 Å². The van der Waals surface area contributed by atoms with E-state index in [0.717, 1.165) is 4.88 Å². The molecule has 0 aliphatic rings. The number of thiophene rings is 1. The van der Waals surface area contributed by atoms with Crippen LogP contribution < -0.4 is 5.32 Å². The monoisotopic (exact) mass is 241 g/mol. The highest BCUT2D eigenvalue weighted by molar-refractivity contribution is 7.10. The van der Waals surface area contributed by atoms with Crippen LogP contribution in [0.4, 0.5) is 0 Å². The molecule has 2 N–H and O–H groups in total. The molecule has 0 fully saturated rings. The Labute approximate surface area is 98.3 Å². The number of carboxylic acid groups (broad SMARTS) is 1. The van der Waals surface area contributed by atoms with Crippen LogP contribution in [0.15, 0.2) is 17.5 Å². The molecular formula is C11H15NO3S. The van der Waals surface area contributed by atoms with Crippen LogP contribution in [0.25, 0.3) is 0 Å². The molecule has 1 heterocycles. The van der Waals surface area contributed by atoms with Crippen LogP contribution in [0.1, 0.15) is 24.6 Å². The molecule has 0 bridgehead atoms. The standard InChI is InChI=1S/C11H15NO3S/c1-7(11(14)15)6-12-10(13)8(2)9-4-3-5-16-9/h3-5,7-8H,6H2,1-2H3,(H,12,13)(H,14,15). The molecule has 1 rings (SSSR count). The van der Waals surface area contributed by atoms with Gasteiger partial charge >= 0.3 is 5.97 Å². The highest BCUT2D eigenvalue weighted by Gasteiger charge is 2.18. The van der Waals surface area contributed by atoms with Crippen molar-refractivity contribution in [1.82, 2.24) is 5.32 Å². The Balaban J connectivity index is 2.44. The number of amides is 1. The Kier molecular flexibility index (Phi) is 4.49. The van der Waals surface area contributed by atoms with E-state index in [1.807, 2.05) is 24.4 Å². The first kappa shape index (κ1) is 12.7. The Morgan fingerprint density at radius 3 is 2.69 bits per heavy atom. The largest absolute Gasteiger partial charge is 0.481 e. The summed E-state index contributed by atoms with van der Waals surface area (Å²) in [6, 6.07) is 3.79. The summed E-state index contributed by atoms with van der Waals surface area (Å²) in [5.41, 5.74) is 0. The molecule has 88 valence electrons. The molecule has 0 radical (unpaired) electrons. The average Bonchev–Trinajstić information content (AvgIpc) is 2.77. The third-order valence-electron chi connectivity index (χ3n) is 2.37. The van der Waals surface area contributed by atoms with Crippen LogP contribution >= 0.6 is 11.3 Å². The highest BCUT2D eigenvalue weighted by Crippen LogP contribution is 2.20. The van der Waals surface area contributed by atoms with Gasteiger partial charge in [0.1, 0.15) is 0 Å². The van der Waals surface area contributed by atoms with E-state index < -0.39 is 11.9 Å². The predicted octanol–water partition coefficient (Wildman–Crippen LogP) is 1.69. The van der Waals surface area contributed by atoms with Gasteiger partial charge in [0.2, 0.25) is 5.91 Å². The Morgan fingerprint density at radius 1 is 1.50 bits per heavy atom. The van der Waals surface area contributed by atoms with Crippen molar-refractivity contribution >= 4 is 23.2 Å². The molecule has 0 aliphatic heterocycles. The molecule has 0 aromatic carbocycles. The Hall–Kier alpha value is -1.36. The van der Waals surface area contributed by atoms with E-state index in [0.29, 0.717) is 0 Å². The van der Waals surface area contributed by atoms with Crippen molar-refractivity contribution in [1.29, 1.82) is 0 Å². The fourth-order valence-corrected chi connectivity index (χ4v) is 1.94. The lowest BCUT2D eigenvalue weighted by atomic mass is 10.1. The number of carboxylic acids is 1. The fourth-order valence-electron chi connectivity index (χ4n) is 1.16. The Bertz CT molecular complexity index is 361. The quantitative estimate of drug-likeness (QED) is 0.824. The van der Waals surface area contributed by atoms with E-state index in [1.54, 1.807) is 6.92 Å². The van der Waals surface area contributed by atoms with Gasteiger partial charge in [-0.15, -0.1) is 11.3 Å². The predicted molar refractivity (Wildman–Crippen MR) is 62.5 cm³/mol. The van der Waals surface area contributed by atoms with Crippen molar-refractivity contribution in [2.75, 3.05) is 6.54 Å². The molecule has 2 atom stereocenters. The van der Waals surface area contributed by atoms with Crippen LogP contribution in [0.3, 0.4) is 0 Å². The summed E-state index contributed by atoms with van der Waals surface area (Å²) in [4.78, 5) is 23.2.